The van der Waals surface area contributed by atoms with E-state index >= 15 is 0 Å². The lowest BCUT2D eigenvalue weighted by Gasteiger charge is -2.35. The second kappa shape index (κ2) is 5.14. The van der Waals surface area contributed by atoms with Crippen molar-refractivity contribution in [3.8, 4) is 5.75 Å². The summed E-state index contributed by atoms with van der Waals surface area (Å²) in [5.74, 6) is -6.84. The fourth-order valence-electron chi connectivity index (χ4n) is 1.94. The molecule has 100 valence electrons. The molecule has 1 aliphatic rings. The van der Waals surface area contributed by atoms with Gasteiger partial charge in [-0.25, -0.2) is 8.78 Å². The summed E-state index contributed by atoms with van der Waals surface area (Å²) in [6.07, 6.45) is 0.703. The van der Waals surface area contributed by atoms with Gasteiger partial charge in [-0.1, -0.05) is 6.92 Å². The predicted molar refractivity (Wildman–Crippen MR) is 57.4 cm³/mol. The molecule has 0 saturated heterocycles. The Bertz CT molecular complexity index is 420. The van der Waals surface area contributed by atoms with Crippen molar-refractivity contribution in [1.29, 1.82) is 0 Å². The Balaban J connectivity index is 2.07. The fraction of sp³-hybridized carbons (Fsp3) is 0.500. The summed E-state index contributed by atoms with van der Waals surface area (Å²) in [6.45, 7) is 2.73. The molecule has 18 heavy (non-hydrogen) atoms. The van der Waals surface area contributed by atoms with Crippen LogP contribution >= 0.6 is 0 Å². The molecule has 2 rings (SSSR count). The highest BCUT2D eigenvalue weighted by Gasteiger charge is 2.32. The Labute approximate surface area is 102 Å². The van der Waals surface area contributed by atoms with Crippen LogP contribution in [-0.2, 0) is 0 Å². The van der Waals surface area contributed by atoms with Gasteiger partial charge in [-0.2, -0.15) is 8.78 Å². The van der Waals surface area contributed by atoms with Crippen molar-refractivity contribution in [2.75, 3.05) is 6.54 Å². The standard InChI is InChI=1S/C12H13F4NO/c1-2-17-6-3-7(4-6)18-12-10(15)8(13)5-9(14)11(12)16/h5-7,17H,2-4H2,1H3. The zero-order valence-corrected chi connectivity index (χ0v) is 9.77. The summed E-state index contributed by atoms with van der Waals surface area (Å²) in [5, 5.41) is 3.13. The van der Waals surface area contributed by atoms with Gasteiger partial charge in [-0.15, -0.1) is 0 Å². The molecule has 0 bridgehead atoms. The number of halogens is 4. The maximum absolute atomic E-state index is 13.3. The van der Waals surface area contributed by atoms with Crippen LogP contribution in [0.1, 0.15) is 19.8 Å². The van der Waals surface area contributed by atoms with E-state index in [1.54, 1.807) is 0 Å². The number of rotatable bonds is 4. The van der Waals surface area contributed by atoms with Crippen LogP contribution in [0, 0.1) is 23.3 Å². The first-order valence-corrected chi connectivity index (χ1v) is 5.76. The first-order chi connectivity index (χ1) is 8.52. The highest BCUT2D eigenvalue weighted by Crippen LogP contribution is 2.31. The summed E-state index contributed by atoms with van der Waals surface area (Å²) in [7, 11) is 0. The average Bonchev–Trinajstić information content (AvgIpc) is 2.28. The topological polar surface area (TPSA) is 21.3 Å². The molecule has 0 spiro atoms. The van der Waals surface area contributed by atoms with Crippen molar-refractivity contribution in [1.82, 2.24) is 5.32 Å². The van der Waals surface area contributed by atoms with Crippen LogP contribution in [0.3, 0.4) is 0 Å². The molecule has 1 saturated carbocycles. The molecule has 1 aliphatic carbocycles. The van der Waals surface area contributed by atoms with Crippen LogP contribution in [0.15, 0.2) is 6.07 Å². The Hall–Kier alpha value is -1.30. The van der Waals surface area contributed by atoms with Gasteiger partial charge in [-0.3, -0.25) is 0 Å². The predicted octanol–water partition coefficient (Wildman–Crippen LogP) is 2.76. The molecule has 6 heteroatoms. The molecular formula is C12H13F4NO. The first kappa shape index (κ1) is 13.1. The minimum absolute atomic E-state index is 0.166. The van der Waals surface area contributed by atoms with Crippen LogP contribution in [0.5, 0.6) is 5.75 Å². The molecule has 0 aliphatic heterocycles. The van der Waals surface area contributed by atoms with Gasteiger partial charge >= 0.3 is 0 Å². The van der Waals surface area contributed by atoms with Gasteiger partial charge in [0.25, 0.3) is 0 Å². The molecule has 0 radical (unpaired) electrons. The van der Waals surface area contributed by atoms with E-state index in [4.69, 9.17) is 4.74 Å². The monoisotopic (exact) mass is 263 g/mol. The summed E-state index contributed by atoms with van der Waals surface area (Å²) in [6, 6.07) is 0.393. The summed E-state index contributed by atoms with van der Waals surface area (Å²) in [5.41, 5.74) is 0. The smallest absolute Gasteiger partial charge is 0.203 e. The van der Waals surface area contributed by atoms with E-state index in [0.29, 0.717) is 12.8 Å². The maximum Gasteiger partial charge on any atom is 0.203 e. The Morgan fingerprint density at radius 3 is 2.22 bits per heavy atom. The quantitative estimate of drug-likeness (QED) is 0.666. The molecule has 2 nitrogen and oxygen atoms in total. The molecule has 0 unspecified atom stereocenters. The van der Waals surface area contributed by atoms with Crippen molar-refractivity contribution < 1.29 is 22.3 Å². The number of hydrogen-bond acceptors (Lipinski definition) is 2. The SMILES string of the molecule is CCNC1CC(Oc2c(F)c(F)cc(F)c2F)C1. The molecular weight excluding hydrogens is 250 g/mol. The van der Waals surface area contributed by atoms with Gasteiger partial charge in [0.15, 0.2) is 17.4 Å². The Morgan fingerprint density at radius 2 is 1.72 bits per heavy atom. The van der Waals surface area contributed by atoms with Crippen LogP contribution < -0.4 is 10.1 Å². The first-order valence-electron chi connectivity index (χ1n) is 5.76. The van der Waals surface area contributed by atoms with Gasteiger partial charge in [-0.05, 0) is 19.4 Å². The normalized spacial score (nSPS) is 22.7. The second-order valence-corrected chi connectivity index (χ2v) is 4.26. The summed E-state index contributed by atoms with van der Waals surface area (Å²) < 4.78 is 57.4. The Morgan fingerprint density at radius 1 is 1.17 bits per heavy atom. The van der Waals surface area contributed by atoms with Crippen LogP contribution in [0.25, 0.3) is 0 Å². The molecule has 0 amide bonds. The van der Waals surface area contributed by atoms with Crippen molar-refractivity contribution in [2.45, 2.75) is 31.9 Å². The zero-order valence-electron chi connectivity index (χ0n) is 9.77. The van der Waals surface area contributed by atoms with Crippen molar-refractivity contribution in [2.24, 2.45) is 0 Å². The van der Waals surface area contributed by atoms with Gasteiger partial charge in [0, 0.05) is 12.1 Å². The largest absolute Gasteiger partial charge is 0.484 e. The second-order valence-electron chi connectivity index (χ2n) is 4.26. The van der Waals surface area contributed by atoms with Crippen molar-refractivity contribution in [3.63, 3.8) is 0 Å². The summed E-state index contributed by atoms with van der Waals surface area (Å²) in [4.78, 5) is 0. The number of benzene rings is 1. The van der Waals surface area contributed by atoms with E-state index in [-0.39, 0.29) is 12.1 Å². The van der Waals surface area contributed by atoms with E-state index in [9.17, 15) is 17.6 Å². The van der Waals surface area contributed by atoms with E-state index in [2.05, 4.69) is 5.32 Å². The van der Waals surface area contributed by atoms with Crippen LogP contribution in [-0.4, -0.2) is 18.7 Å². The van der Waals surface area contributed by atoms with E-state index in [1.807, 2.05) is 6.92 Å². The number of ether oxygens (including phenoxy) is 1. The fourth-order valence-corrected chi connectivity index (χ4v) is 1.94. The molecule has 1 aromatic carbocycles. The van der Waals surface area contributed by atoms with Gasteiger partial charge in [0.05, 0.1) is 0 Å². The lowest BCUT2D eigenvalue weighted by atomic mass is 9.89. The highest BCUT2D eigenvalue weighted by atomic mass is 19.2. The van der Waals surface area contributed by atoms with Gasteiger partial charge in [0.1, 0.15) is 6.10 Å². The van der Waals surface area contributed by atoms with Crippen LogP contribution in [0.2, 0.25) is 0 Å². The van der Waals surface area contributed by atoms with Gasteiger partial charge in [0.2, 0.25) is 11.6 Å². The third-order valence-corrected chi connectivity index (χ3v) is 2.94. The number of hydrogen-bond donors (Lipinski definition) is 1. The third-order valence-electron chi connectivity index (χ3n) is 2.94. The van der Waals surface area contributed by atoms with E-state index in [1.165, 1.54) is 0 Å². The van der Waals surface area contributed by atoms with E-state index in [0.717, 1.165) is 6.54 Å². The lowest BCUT2D eigenvalue weighted by molar-refractivity contribution is 0.0757. The van der Waals surface area contributed by atoms with E-state index < -0.39 is 35.1 Å². The molecule has 0 atom stereocenters. The average molecular weight is 263 g/mol. The maximum atomic E-state index is 13.3. The summed E-state index contributed by atoms with van der Waals surface area (Å²) >= 11 is 0. The van der Waals surface area contributed by atoms with Gasteiger partial charge < -0.3 is 10.1 Å². The number of nitrogens with one attached hydrogen (secondary N) is 1. The molecule has 1 N–H and O–H groups in total. The molecule has 0 aromatic heterocycles. The Kier molecular flexibility index (Phi) is 3.75. The minimum atomic E-state index is -1.49. The van der Waals surface area contributed by atoms with Crippen LogP contribution in [0.4, 0.5) is 17.6 Å². The molecule has 0 heterocycles. The highest BCUT2D eigenvalue weighted by molar-refractivity contribution is 5.29. The lowest BCUT2D eigenvalue weighted by Crippen LogP contribution is -2.46. The third kappa shape index (κ3) is 2.43. The minimum Gasteiger partial charge on any atom is -0.484 e. The van der Waals surface area contributed by atoms with Crippen molar-refractivity contribution >= 4 is 0 Å². The molecule has 1 aromatic rings. The zero-order chi connectivity index (χ0) is 13.3. The van der Waals surface area contributed by atoms with Crippen molar-refractivity contribution in [3.05, 3.63) is 29.3 Å². The molecule has 1 fully saturated rings.